The van der Waals surface area contributed by atoms with Crippen molar-refractivity contribution in [1.82, 2.24) is 14.8 Å². The van der Waals surface area contributed by atoms with Gasteiger partial charge in [-0.15, -0.1) is 0 Å². The van der Waals surface area contributed by atoms with Crippen LogP contribution >= 0.6 is 0 Å². The fraction of sp³-hybridized carbons (Fsp3) is 0.429. The van der Waals surface area contributed by atoms with Crippen LogP contribution in [0.2, 0.25) is 0 Å². The van der Waals surface area contributed by atoms with Gasteiger partial charge in [-0.05, 0) is 43.5 Å². The first-order chi connectivity index (χ1) is 13.2. The van der Waals surface area contributed by atoms with Gasteiger partial charge in [0.05, 0.1) is 36.9 Å². The van der Waals surface area contributed by atoms with Crippen molar-refractivity contribution in [3.05, 3.63) is 41.7 Å². The van der Waals surface area contributed by atoms with E-state index in [-0.39, 0.29) is 0 Å². The van der Waals surface area contributed by atoms with Crippen LogP contribution in [0.4, 0.5) is 5.82 Å². The van der Waals surface area contributed by atoms with Crippen LogP contribution in [0.15, 0.2) is 30.5 Å². The number of fused-ring (bicyclic) bond motifs is 1. The first kappa shape index (κ1) is 19.0. The van der Waals surface area contributed by atoms with Crippen LogP contribution in [0.5, 0.6) is 11.5 Å². The molecule has 0 amide bonds. The van der Waals surface area contributed by atoms with Crippen LogP contribution < -0.4 is 14.8 Å². The predicted octanol–water partition coefficient (Wildman–Crippen LogP) is 4.73. The third-order valence-corrected chi connectivity index (χ3v) is 4.60. The smallest absolute Gasteiger partial charge is 0.161 e. The number of nitrogens with zero attached hydrogens (tertiary/aromatic N) is 3. The summed E-state index contributed by atoms with van der Waals surface area (Å²) < 4.78 is 12.8. The highest BCUT2D eigenvalue weighted by molar-refractivity contribution is 5.91. The number of methoxy groups -OCH3 is 2. The van der Waals surface area contributed by atoms with E-state index in [1.165, 1.54) is 12.8 Å². The van der Waals surface area contributed by atoms with E-state index in [2.05, 4.69) is 21.0 Å². The molecule has 144 valence electrons. The molecule has 27 heavy (non-hydrogen) atoms. The van der Waals surface area contributed by atoms with Gasteiger partial charge in [-0.2, -0.15) is 5.10 Å². The molecule has 4 rings (SSSR count). The van der Waals surface area contributed by atoms with E-state index in [0.717, 1.165) is 39.5 Å². The molecule has 6 heteroatoms. The molecule has 1 aromatic carbocycles. The third kappa shape index (κ3) is 3.84. The molecule has 1 aliphatic carbocycles. The highest BCUT2D eigenvalue weighted by Gasteiger charge is 2.27. The van der Waals surface area contributed by atoms with Gasteiger partial charge in [0, 0.05) is 12.7 Å². The minimum atomic E-state index is 0.553. The second-order valence-corrected chi connectivity index (χ2v) is 6.36. The Kier molecular flexibility index (Phi) is 5.84. The fourth-order valence-electron chi connectivity index (χ4n) is 3.17. The van der Waals surface area contributed by atoms with Crippen molar-refractivity contribution in [3.8, 4) is 11.5 Å². The summed E-state index contributed by atoms with van der Waals surface area (Å²) in [6.07, 6.45) is 4.28. The zero-order valence-electron chi connectivity index (χ0n) is 16.7. The van der Waals surface area contributed by atoms with Gasteiger partial charge in [0.2, 0.25) is 0 Å². The molecule has 1 N–H and O–H groups in total. The lowest BCUT2D eigenvalue weighted by Crippen LogP contribution is -2.03. The minimum Gasteiger partial charge on any atom is -0.493 e. The van der Waals surface area contributed by atoms with Gasteiger partial charge in [-0.3, -0.25) is 4.68 Å². The van der Waals surface area contributed by atoms with Crippen molar-refractivity contribution in [2.24, 2.45) is 0 Å². The monoisotopic (exact) mass is 368 g/mol. The minimum absolute atomic E-state index is 0.553. The summed E-state index contributed by atoms with van der Waals surface area (Å²) in [5.41, 5.74) is 3.28. The van der Waals surface area contributed by atoms with Gasteiger partial charge >= 0.3 is 0 Å². The highest BCUT2D eigenvalue weighted by Crippen LogP contribution is 2.38. The standard InChI is InChI=1S/C19H22N4O2.C2H6/c1-12-18-15(23(22-12)14-5-6-14)8-9-20-19(18)21-11-13-4-7-16(24-2)17(10-13)25-3;1-2/h4,7-10,14H,5-6,11H2,1-3H3,(H,20,21);1-2H3. The molecule has 3 aromatic rings. The first-order valence-corrected chi connectivity index (χ1v) is 9.50. The number of anilines is 1. The fourth-order valence-corrected chi connectivity index (χ4v) is 3.17. The summed E-state index contributed by atoms with van der Waals surface area (Å²) in [5.74, 6) is 2.33. The summed E-state index contributed by atoms with van der Waals surface area (Å²) in [5, 5.41) is 9.27. The Morgan fingerprint density at radius 2 is 1.85 bits per heavy atom. The lowest BCUT2D eigenvalue weighted by atomic mass is 10.2. The third-order valence-electron chi connectivity index (χ3n) is 4.60. The van der Waals surface area contributed by atoms with Crippen LogP contribution in [0.3, 0.4) is 0 Å². The zero-order valence-corrected chi connectivity index (χ0v) is 16.7. The maximum Gasteiger partial charge on any atom is 0.161 e. The number of hydrogen-bond donors (Lipinski definition) is 1. The van der Waals surface area contributed by atoms with Gasteiger partial charge in [-0.1, -0.05) is 19.9 Å². The first-order valence-electron chi connectivity index (χ1n) is 9.50. The molecule has 2 aromatic heterocycles. The molecule has 0 aliphatic heterocycles. The zero-order chi connectivity index (χ0) is 19.4. The Labute approximate surface area is 160 Å². The SMILES string of the molecule is CC.COc1ccc(CNc2nccc3c2c(C)nn3C2CC2)cc1OC. The average Bonchev–Trinajstić information content (AvgIpc) is 3.51. The lowest BCUT2D eigenvalue weighted by Gasteiger charge is -2.11. The summed E-state index contributed by atoms with van der Waals surface area (Å²) in [6.45, 7) is 6.70. The Bertz CT molecular complexity index is 916. The molecule has 1 saturated carbocycles. The molecule has 1 aliphatic rings. The topological polar surface area (TPSA) is 61.2 Å². The Balaban J connectivity index is 0.00000102. The maximum absolute atomic E-state index is 5.37. The van der Waals surface area contributed by atoms with E-state index in [9.17, 15) is 0 Å². The average molecular weight is 368 g/mol. The van der Waals surface area contributed by atoms with Crippen LogP contribution in [-0.2, 0) is 6.54 Å². The molecule has 0 bridgehead atoms. The summed E-state index contributed by atoms with van der Waals surface area (Å²) >= 11 is 0. The quantitative estimate of drug-likeness (QED) is 0.681. The van der Waals surface area contributed by atoms with Crippen molar-refractivity contribution >= 4 is 16.7 Å². The molecule has 0 saturated heterocycles. The Morgan fingerprint density at radius 1 is 1.11 bits per heavy atom. The van der Waals surface area contributed by atoms with Crippen molar-refractivity contribution in [1.29, 1.82) is 0 Å². The molecule has 6 nitrogen and oxygen atoms in total. The normalized spacial score (nSPS) is 13.1. The summed E-state index contributed by atoms with van der Waals surface area (Å²) in [6, 6.07) is 8.52. The van der Waals surface area contributed by atoms with Crippen LogP contribution in [0, 0.1) is 6.92 Å². The number of nitrogens with one attached hydrogen (secondary N) is 1. The van der Waals surface area contributed by atoms with E-state index in [4.69, 9.17) is 14.6 Å². The summed E-state index contributed by atoms with van der Waals surface area (Å²) in [7, 11) is 3.29. The molecule has 1 fully saturated rings. The number of benzene rings is 1. The molecule has 0 atom stereocenters. The van der Waals surface area contributed by atoms with Crippen LogP contribution in [0.25, 0.3) is 10.9 Å². The van der Waals surface area contributed by atoms with Crippen LogP contribution in [-0.4, -0.2) is 29.0 Å². The second kappa shape index (κ2) is 8.29. The van der Waals surface area contributed by atoms with E-state index in [1.54, 1.807) is 14.2 Å². The van der Waals surface area contributed by atoms with Crippen LogP contribution in [0.1, 0.15) is 44.0 Å². The molecule has 0 spiro atoms. The maximum atomic E-state index is 5.37. The molecular weight excluding hydrogens is 340 g/mol. The largest absolute Gasteiger partial charge is 0.493 e. The number of aromatic nitrogens is 3. The van der Waals surface area contributed by atoms with Gasteiger partial charge < -0.3 is 14.8 Å². The Morgan fingerprint density at radius 3 is 2.52 bits per heavy atom. The molecule has 0 unspecified atom stereocenters. The van der Waals surface area contributed by atoms with E-state index >= 15 is 0 Å². The number of hydrogen-bond acceptors (Lipinski definition) is 5. The van der Waals surface area contributed by atoms with Gasteiger partial charge in [-0.25, -0.2) is 4.98 Å². The second-order valence-electron chi connectivity index (χ2n) is 6.36. The highest BCUT2D eigenvalue weighted by atomic mass is 16.5. The Hall–Kier alpha value is -2.76. The van der Waals surface area contributed by atoms with E-state index in [1.807, 2.05) is 45.2 Å². The van der Waals surface area contributed by atoms with Crippen molar-refractivity contribution in [2.75, 3.05) is 19.5 Å². The number of pyridine rings is 1. The van der Waals surface area contributed by atoms with Crippen molar-refractivity contribution < 1.29 is 9.47 Å². The number of ether oxygens (including phenoxy) is 2. The predicted molar refractivity (Wildman–Crippen MR) is 109 cm³/mol. The van der Waals surface area contributed by atoms with Gasteiger partial charge in [0.1, 0.15) is 5.82 Å². The van der Waals surface area contributed by atoms with Gasteiger partial charge in [0.15, 0.2) is 11.5 Å². The number of rotatable bonds is 6. The van der Waals surface area contributed by atoms with E-state index in [0.29, 0.717) is 12.6 Å². The van der Waals surface area contributed by atoms with Crippen molar-refractivity contribution in [3.63, 3.8) is 0 Å². The molecule has 2 heterocycles. The van der Waals surface area contributed by atoms with Gasteiger partial charge in [0.25, 0.3) is 0 Å². The number of aryl methyl sites for hydroxylation is 1. The summed E-state index contributed by atoms with van der Waals surface area (Å²) in [4.78, 5) is 4.53. The van der Waals surface area contributed by atoms with Crippen molar-refractivity contribution in [2.45, 2.75) is 46.2 Å². The molecule has 0 radical (unpaired) electrons. The molecular formula is C21H28N4O2. The lowest BCUT2D eigenvalue weighted by molar-refractivity contribution is 0.354. The van der Waals surface area contributed by atoms with E-state index < -0.39 is 0 Å².